The molecule has 0 heteroatoms. The topological polar surface area (TPSA) is 0 Å². The Morgan fingerprint density at radius 2 is 0.646 bits per heavy atom. The number of fused-ring (bicyclic) bond motifs is 3. The van der Waals surface area contributed by atoms with Crippen LogP contribution in [-0.4, -0.2) is 0 Å². The molecule has 0 aliphatic rings. The van der Waals surface area contributed by atoms with Crippen LogP contribution in [0, 0.1) is 0 Å². The molecule has 0 nitrogen and oxygen atoms in total. The molecule has 0 aromatic heterocycles. The zero-order valence-electron chi connectivity index (χ0n) is 56.0. The van der Waals surface area contributed by atoms with E-state index in [0.29, 0.717) is 0 Å². The highest BCUT2D eigenvalue weighted by atomic mass is 14.2. The van der Waals surface area contributed by atoms with E-state index in [-0.39, 0.29) is 0 Å². The van der Waals surface area contributed by atoms with E-state index < -0.39 is 281 Å². The number of hydrogen-bond donors (Lipinski definition) is 0. The van der Waals surface area contributed by atoms with E-state index >= 15 is 0 Å². The minimum atomic E-state index is -1.22. The van der Waals surface area contributed by atoms with Crippen molar-refractivity contribution >= 4 is 32.3 Å². The molecule has 0 N–H and O–H groups in total. The smallest absolute Gasteiger partial charge is 0.0622 e. The van der Waals surface area contributed by atoms with Gasteiger partial charge in [-0.05, 0) is 106 Å². The van der Waals surface area contributed by atoms with Gasteiger partial charge in [-0.2, -0.15) is 0 Å². The summed E-state index contributed by atoms with van der Waals surface area (Å²) in [6.45, 7) is 0. The first kappa shape index (κ1) is 10.4. The summed E-state index contributed by atoms with van der Waals surface area (Å²) in [4.78, 5) is 0. The molecular weight excluding hydrogens is 577 g/mol. The molecule has 0 atom stereocenters. The fourth-order valence-electron chi connectivity index (χ4n) is 5.16. The Bertz CT molecular complexity index is 4340. The molecule has 0 saturated carbocycles. The molecule has 224 valence electrons. The average Bonchev–Trinajstić information content (AvgIpc) is 2.66. The lowest BCUT2D eigenvalue weighted by Gasteiger charge is -2.19. The van der Waals surface area contributed by atoms with E-state index in [0.717, 1.165) is 0 Å². The highest BCUT2D eigenvalue weighted by Gasteiger charge is 2.18. The maximum atomic E-state index is 10.1. The monoisotopic (exact) mass is 640 g/mol. The summed E-state index contributed by atoms with van der Waals surface area (Å²) in [5.74, 6) is 0. The van der Waals surface area contributed by atoms with Crippen molar-refractivity contribution in [2.75, 3.05) is 0 Å². The maximum absolute atomic E-state index is 10.1. The Morgan fingerprint density at radius 1 is 0.229 bits per heavy atom. The fraction of sp³-hybridized carbons (Fsp3) is 0. The zero-order chi connectivity index (χ0) is 59.7. The average molecular weight is 641 g/mol. The maximum Gasteiger partial charge on any atom is 0.0636 e. The highest BCUT2D eigenvalue weighted by molar-refractivity contribution is 6.22. The van der Waals surface area contributed by atoms with Crippen LogP contribution in [0.15, 0.2) is 193 Å². The number of rotatable bonds is 5. The first-order valence-corrected chi connectivity index (χ1v) is 14.0. The van der Waals surface area contributed by atoms with Gasteiger partial charge >= 0.3 is 0 Å². The summed E-state index contributed by atoms with van der Waals surface area (Å²) >= 11 is 0. The molecular formula is C48H32. The molecule has 0 spiro atoms. The SMILES string of the molecule is [2H]c1c([2H])c([2H])c(-c2c([2H])c([2H])c(-c3c([2H])c([2H])c([2H])c(-c4c5c([2H])c([2H])c([2H])c([2H])c5c(-c5c([2H])c([2H])c6c([2H])c([2H])c([2H])c([2H])c6c5[2H])c5c([2H])c([2H])c(-c6c([2H])c([2H])c([2H])c([2H])c6[2H])c([2H])c45)c3[2H])c([2H])c2[2H])c([2H])c1[2H]. The summed E-state index contributed by atoms with van der Waals surface area (Å²) in [6, 6.07) is -33.4. The van der Waals surface area contributed by atoms with Crippen LogP contribution < -0.4 is 0 Å². The molecule has 9 aromatic carbocycles. The van der Waals surface area contributed by atoms with Crippen LogP contribution >= 0.6 is 0 Å². The van der Waals surface area contributed by atoms with Crippen molar-refractivity contribution in [3.05, 3.63) is 193 Å². The van der Waals surface area contributed by atoms with Crippen molar-refractivity contribution in [2.45, 2.75) is 0 Å². The van der Waals surface area contributed by atoms with Crippen molar-refractivity contribution in [1.82, 2.24) is 0 Å². The van der Waals surface area contributed by atoms with E-state index in [1.54, 1.807) is 0 Å². The summed E-state index contributed by atoms with van der Waals surface area (Å²) in [5, 5.41) is -4.99. The van der Waals surface area contributed by atoms with Gasteiger partial charge in [-0.15, -0.1) is 0 Å². The lowest BCUT2D eigenvalue weighted by Crippen LogP contribution is -1.92. The van der Waals surface area contributed by atoms with E-state index in [4.69, 9.17) is 27.4 Å². The van der Waals surface area contributed by atoms with E-state index in [1.807, 2.05) is 0 Å². The minimum Gasteiger partial charge on any atom is -0.0622 e. The van der Waals surface area contributed by atoms with E-state index in [2.05, 4.69) is 0 Å². The second kappa shape index (κ2) is 11.8. The zero-order valence-corrected chi connectivity index (χ0v) is 24.0. The number of hydrogen-bond acceptors (Lipinski definition) is 0. The Hall–Kier alpha value is -6.24. The minimum absolute atomic E-state index is 0.655. The molecule has 0 fully saturated rings. The predicted octanol–water partition coefficient (Wildman–Crippen LogP) is 13.5. The van der Waals surface area contributed by atoms with Crippen LogP contribution in [0.4, 0.5) is 0 Å². The molecule has 0 heterocycles. The van der Waals surface area contributed by atoms with Crippen LogP contribution in [0.1, 0.15) is 43.9 Å². The Labute approximate surface area is 326 Å². The van der Waals surface area contributed by atoms with Gasteiger partial charge in [0, 0.05) is 0 Å². The largest absolute Gasteiger partial charge is 0.0636 e. The molecule has 0 unspecified atom stereocenters. The molecule has 0 bridgehead atoms. The van der Waals surface area contributed by atoms with E-state index in [9.17, 15) is 16.4 Å². The Morgan fingerprint density at radius 3 is 1.35 bits per heavy atom. The first-order chi connectivity index (χ1) is 37.1. The van der Waals surface area contributed by atoms with Crippen LogP contribution in [0.2, 0.25) is 0 Å². The predicted molar refractivity (Wildman–Crippen MR) is 206 cm³/mol. The second-order valence-corrected chi connectivity index (χ2v) is 10.0. The van der Waals surface area contributed by atoms with Gasteiger partial charge in [-0.25, -0.2) is 0 Å². The van der Waals surface area contributed by atoms with Gasteiger partial charge in [0.15, 0.2) is 0 Å². The van der Waals surface area contributed by atoms with Crippen LogP contribution in [0.5, 0.6) is 0 Å². The molecule has 0 aliphatic heterocycles. The highest BCUT2D eigenvalue weighted by Crippen LogP contribution is 2.45. The summed E-state index contributed by atoms with van der Waals surface area (Å²) in [6.07, 6.45) is 0. The molecule has 9 aromatic rings. The second-order valence-electron chi connectivity index (χ2n) is 10.0. The third-order valence-electron chi connectivity index (χ3n) is 7.25. The van der Waals surface area contributed by atoms with Crippen molar-refractivity contribution < 1.29 is 43.9 Å². The number of benzene rings is 9. The lowest BCUT2D eigenvalue weighted by atomic mass is 9.84. The first-order valence-electron chi connectivity index (χ1n) is 30.0. The molecule has 0 saturated heterocycles. The quantitative estimate of drug-likeness (QED) is 0.164. The van der Waals surface area contributed by atoms with Gasteiger partial charge in [-0.3, -0.25) is 0 Å². The van der Waals surface area contributed by atoms with Gasteiger partial charge in [0.1, 0.15) is 0 Å². The third kappa shape index (κ3) is 4.96. The van der Waals surface area contributed by atoms with Crippen molar-refractivity contribution in [1.29, 1.82) is 0 Å². The van der Waals surface area contributed by atoms with Crippen LogP contribution in [0.25, 0.3) is 88.0 Å². The molecule has 0 aliphatic carbocycles. The molecule has 0 radical (unpaired) electrons. The summed E-state index contributed by atoms with van der Waals surface area (Å²) < 4.78 is 288. The van der Waals surface area contributed by atoms with Crippen molar-refractivity contribution in [2.24, 2.45) is 0 Å². The van der Waals surface area contributed by atoms with Gasteiger partial charge in [0.05, 0.1) is 43.9 Å². The van der Waals surface area contributed by atoms with Crippen molar-refractivity contribution in [3.8, 4) is 55.6 Å². The fourth-order valence-corrected chi connectivity index (χ4v) is 5.16. The molecule has 9 rings (SSSR count). The van der Waals surface area contributed by atoms with Gasteiger partial charge in [-0.1, -0.05) is 175 Å². The summed E-state index contributed by atoms with van der Waals surface area (Å²) in [7, 11) is 0. The third-order valence-corrected chi connectivity index (χ3v) is 7.25. The molecule has 0 amide bonds. The Balaban J connectivity index is 1.61. The normalized spacial score (nSPS) is 20.7. The summed E-state index contributed by atoms with van der Waals surface area (Å²) in [5.41, 5.74) is -9.19. The van der Waals surface area contributed by atoms with Crippen molar-refractivity contribution in [3.63, 3.8) is 0 Å². The van der Waals surface area contributed by atoms with E-state index in [1.165, 1.54) is 0 Å². The van der Waals surface area contributed by atoms with Gasteiger partial charge in [0.2, 0.25) is 0 Å². The van der Waals surface area contributed by atoms with Gasteiger partial charge < -0.3 is 0 Å². The molecule has 48 heavy (non-hydrogen) atoms. The van der Waals surface area contributed by atoms with Gasteiger partial charge in [0.25, 0.3) is 0 Å². The van der Waals surface area contributed by atoms with Crippen LogP contribution in [-0.2, 0) is 0 Å². The lowest BCUT2D eigenvalue weighted by molar-refractivity contribution is 1.58. The van der Waals surface area contributed by atoms with Crippen LogP contribution in [0.3, 0.4) is 0 Å². The standard InChI is InChI=1S/C48H32/c1-3-12-33(13-4-1)36-22-24-37(25-23-36)39-18-11-19-41(30-39)48-44-21-10-9-20-43(44)47(42-27-26-35-16-7-8-17-38(35)31-42)45-29-28-40(32-46(45)48)34-14-5-2-6-15-34/h1-32H/i1D,2D,3D,4D,5D,6D,7D,8D,9D,10D,11D,12D,13D,14D,15D,16D,17D,18D,19D,20D,21D,22D,23D,24D,25D,26D,27D,28D,29D,30D,31D,32D. The Kier molecular flexibility index (Phi) is 2.56.